The second-order valence-corrected chi connectivity index (χ2v) is 5.68. The normalized spacial score (nSPS) is 23.0. The molecule has 0 atom stereocenters. The van der Waals surface area contributed by atoms with Crippen molar-refractivity contribution in [3.05, 3.63) is 0 Å². The topological polar surface area (TPSA) is 75.8 Å². The molecule has 0 saturated carbocycles. The van der Waals surface area contributed by atoms with Crippen molar-refractivity contribution in [1.82, 2.24) is 21.3 Å². The Kier molecular flexibility index (Phi) is 20.5. The molecule has 0 radical (unpaired) electrons. The summed E-state index contributed by atoms with van der Waals surface area (Å²) >= 11 is 0. The molecule has 0 aromatic carbocycles. The van der Waals surface area contributed by atoms with Crippen LogP contribution in [0.5, 0.6) is 0 Å². The Morgan fingerprint density at radius 1 is 0.417 bits per heavy atom. The van der Waals surface area contributed by atoms with Crippen molar-refractivity contribution in [2.75, 3.05) is 72.7 Å². The van der Waals surface area contributed by atoms with E-state index < -0.39 is 0 Å². The Labute approximate surface area is 148 Å². The van der Waals surface area contributed by atoms with Crippen molar-refractivity contribution in [1.29, 1.82) is 0 Å². The highest BCUT2D eigenvalue weighted by atomic mass is 16.5. The summed E-state index contributed by atoms with van der Waals surface area (Å²) in [5.41, 5.74) is 0. The lowest BCUT2D eigenvalue weighted by Crippen LogP contribution is -2.26. The summed E-state index contributed by atoms with van der Waals surface area (Å²) in [6.07, 6.45) is 6.42. The molecule has 4 aliphatic rings. The van der Waals surface area contributed by atoms with Crippen molar-refractivity contribution in [2.45, 2.75) is 39.5 Å². The van der Waals surface area contributed by atoms with Crippen LogP contribution in [0.15, 0.2) is 0 Å². The van der Waals surface area contributed by atoms with E-state index in [1.807, 2.05) is 0 Å². The van der Waals surface area contributed by atoms with Crippen LogP contribution in [0.4, 0.5) is 0 Å². The van der Waals surface area contributed by atoms with Crippen LogP contribution in [0.25, 0.3) is 0 Å². The Morgan fingerprint density at radius 3 is 1.29 bits per heavy atom. The van der Waals surface area contributed by atoms with Gasteiger partial charge in [0, 0.05) is 19.8 Å². The number of hydrogen-bond acceptors (Lipinski definition) is 7. The van der Waals surface area contributed by atoms with Crippen LogP contribution in [0, 0.1) is 0 Å². The van der Waals surface area contributed by atoms with Crippen LogP contribution >= 0.6 is 0 Å². The van der Waals surface area contributed by atoms with Crippen molar-refractivity contribution in [2.24, 2.45) is 0 Å². The van der Waals surface area contributed by atoms with E-state index in [0.29, 0.717) is 0 Å². The Hall–Kier alpha value is -0.280. The molecule has 4 N–H and O–H groups in total. The summed E-state index contributed by atoms with van der Waals surface area (Å²) < 4.78 is 14.9. The van der Waals surface area contributed by atoms with E-state index in [2.05, 4.69) is 21.3 Å². The van der Waals surface area contributed by atoms with Gasteiger partial charge < -0.3 is 19.5 Å². The SMILES string of the molecule is C.C1CCNC1.C1CCOCNC1.C1CNCOC1.C1COCN1. The molecule has 4 heterocycles. The third-order valence-electron chi connectivity index (χ3n) is 3.53. The van der Waals surface area contributed by atoms with E-state index in [1.165, 1.54) is 45.2 Å². The number of hydrogen-bond donors (Lipinski definition) is 4. The van der Waals surface area contributed by atoms with Crippen LogP contribution in [-0.2, 0) is 14.2 Å². The molecule has 4 fully saturated rings. The van der Waals surface area contributed by atoms with Gasteiger partial charge in [0.15, 0.2) is 0 Å². The largest absolute Gasteiger partial charge is 0.366 e. The first-order valence-corrected chi connectivity index (χ1v) is 9.06. The minimum atomic E-state index is 0. The van der Waals surface area contributed by atoms with Gasteiger partial charge in [-0.15, -0.1) is 0 Å². The van der Waals surface area contributed by atoms with Crippen molar-refractivity contribution < 1.29 is 14.2 Å². The van der Waals surface area contributed by atoms with Crippen LogP contribution in [-0.4, -0.2) is 72.7 Å². The van der Waals surface area contributed by atoms with Crippen LogP contribution in [0.3, 0.4) is 0 Å². The molecule has 0 aromatic rings. The molecular weight excluding hydrogens is 308 g/mol. The standard InChI is InChI=1S/C5H11NO.C4H9NO.C4H9N.C3H7NO.CH4/c1-2-4-7-5-6-3-1;1-2-5-4-6-3-1;1-2-4-5-3-1;1-2-5-3-4-1;/h6H,1-5H2;5H,1-4H2;5H,1-4H2;4H,1-3H2;1H4. The summed E-state index contributed by atoms with van der Waals surface area (Å²) in [7, 11) is 0. The molecule has 7 heteroatoms. The number of rotatable bonds is 0. The molecule has 7 nitrogen and oxygen atoms in total. The molecular formula is C17H40N4O3. The number of ether oxygens (including phenoxy) is 3. The van der Waals surface area contributed by atoms with Crippen LogP contribution < -0.4 is 21.3 Å². The van der Waals surface area contributed by atoms with Gasteiger partial charge in [-0.1, -0.05) is 7.43 Å². The average Bonchev–Trinajstić information content (AvgIpc) is 3.33. The maximum atomic E-state index is 5.08. The maximum absolute atomic E-state index is 5.08. The second kappa shape index (κ2) is 20.8. The fourth-order valence-corrected chi connectivity index (χ4v) is 2.17. The fraction of sp³-hybridized carbons (Fsp3) is 1.00. The predicted molar refractivity (Wildman–Crippen MR) is 99.2 cm³/mol. The maximum Gasteiger partial charge on any atom is 0.0966 e. The lowest BCUT2D eigenvalue weighted by molar-refractivity contribution is 0.0848. The predicted octanol–water partition coefficient (Wildman–Crippen LogP) is 0.867. The highest BCUT2D eigenvalue weighted by Crippen LogP contribution is 1.91. The van der Waals surface area contributed by atoms with Gasteiger partial charge in [-0.2, -0.15) is 0 Å². The zero-order valence-electron chi connectivity index (χ0n) is 14.5. The van der Waals surface area contributed by atoms with Crippen LogP contribution in [0.2, 0.25) is 0 Å². The Morgan fingerprint density at radius 2 is 0.875 bits per heavy atom. The van der Waals surface area contributed by atoms with E-state index in [9.17, 15) is 0 Å². The first kappa shape index (κ1) is 23.7. The third-order valence-corrected chi connectivity index (χ3v) is 3.53. The van der Waals surface area contributed by atoms with E-state index >= 15 is 0 Å². The van der Waals surface area contributed by atoms with Gasteiger partial charge in [0.1, 0.15) is 0 Å². The van der Waals surface area contributed by atoms with Crippen LogP contribution in [0.1, 0.15) is 39.5 Å². The smallest absolute Gasteiger partial charge is 0.0966 e. The monoisotopic (exact) mass is 348 g/mol. The van der Waals surface area contributed by atoms with Crippen molar-refractivity contribution in [3.8, 4) is 0 Å². The van der Waals surface area contributed by atoms with Gasteiger partial charge in [-0.05, 0) is 58.3 Å². The Bertz CT molecular complexity index is 168. The summed E-state index contributed by atoms with van der Waals surface area (Å²) in [5, 5.41) is 12.4. The molecule has 0 aliphatic carbocycles. The quantitative estimate of drug-likeness (QED) is 0.517. The lowest BCUT2D eigenvalue weighted by Gasteiger charge is -2.10. The van der Waals surface area contributed by atoms with E-state index in [0.717, 1.165) is 59.6 Å². The van der Waals surface area contributed by atoms with Crippen molar-refractivity contribution in [3.63, 3.8) is 0 Å². The summed E-state index contributed by atoms with van der Waals surface area (Å²) in [6, 6.07) is 0. The summed E-state index contributed by atoms with van der Waals surface area (Å²) in [4.78, 5) is 0. The fourth-order valence-electron chi connectivity index (χ4n) is 2.17. The number of nitrogens with one attached hydrogen (secondary N) is 4. The highest BCUT2D eigenvalue weighted by Gasteiger charge is 1.94. The molecule has 0 amide bonds. The van der Waals surface area contributed by atoms with Gasteiger partial charge >= 0.3 is 0 Å². The summed E-state index contributed by atoms with van der Waals surface area (Å²) in [5.74, 6) is 0. The Balaban J connectivity index is 0.000000292. The van der Waals surface area contributed by atoms with Gasteiger partial charge in [0.05, 0.1) is 26.8 Å². The van der Waals surface area contributed by atoms with Gasteiger partial charge in [-0.25, -0.2) is 0 Å². The van der Waals surface area contributed by atoms with Gasteiger partial charge in [-0.3, -0.25) is 16.0 Å². The lowest BCUT2D eigenvalue weighted by atomic mass is 10.3. The molecule has 24 heavy (non-hydrogen) atoms. The molecule has 4 saturated heterocycles. The average molecular weight is 349 g/mol. The van der Waals surface area contributed by atoms with Crippen molar-refractivity contribution >= 4 is 0 Å². The zero-order valence-corrected chi connectivity index (χ0v) is 14.5. The minimum absolute atomic E-state index is 0. The zero-order chi connectivity index (χ0) is 16.3. The molecule has 0 unspecified atom stereocenters. The van der Waals surface area contributed by atoms with E-state index in [4.69, 9.17) is 14.2 Å². The van der Waals surface area contributed by atoms with E-state index in [-0.39, 0.29) is 7.43 Å². The van der Waals surface area contributed by atoms with E-state index in [1.54, 1.807) is 0 Å². The second-order valence-electron chi connectivity index (χ2n) is 5.68. The molecule has 4 aliphatic heterocycles. The summed E-state index contributed by atoms with van der Waals surface area (Å²) in [6.45, 7) is 10.8. The molecule has 0 spiro atoms. The molecule has 4 rings (SSSR count). The van der Waals surface area contributed by atoms with Gasteiger partial charge in [0.25, 0.3) is 0 Å². The highest BCUT2D eigenvalue weighted by molar-refractivity contribution is 4.55. The molecule has 146 valence electrons. The minimum Gasteiger partial charge on any atom is -0.366 e. The molecule has 0 bridgehead atoms. The molecule has 0 aromatic heterocycles. The first-order valence-electron chi connectivity index (χ1n) is 9.06. The first-order chi connectivity index (χ1) is 11.5. The third kappa shape index (κ3) is 18.1. The van der Waals surface area contributed by atoms with Gasteiger partial charge in [0.2, 0.25) is 0 Å².